The fourth-order valence-electron chi connectivity index (χ4n) is 3.69. The molecule has 1 amide bonds. The normalized spacial score (nSPS) is 19.4. The molecule has 1 saturated carbocycles. The molecule has 2 aliphatic rings. The lowest BCUT2D eigenvalue weighted by atomic mass is 10.1. The first-order valence-corrected chi connectivity index (χ1v) is 8.43. The van der Waals surface area contributed by atoms with Crippen LogP contribution in [0.5, 0.6) is 0 Å². The predicted octanol–water partition coefficient (Wildman–Crippen LogP) is 0.819. The summed E-state index contributed by atoms with van der Waals surface area (Å²) in [6, 6.07) is 2.01. The van der Waals surface area contributed by atoms with E-state index in [1.807, 2.05) is 17.2 Å². The third-order valence-electron chi connectivity index (χ3n) is 5.21. The Hall–Kier alpha value is -2.97. The highest BCUT2D eigenvalue weighted by molar-refractivity contribution is 5.92. The van der Waals surface area contributed by atoms with Crippen molar-refractivity contribution >= 4 is 22.8 Å². The number of amides is 1. The van der Waals surface area contributed by atoms with Crippen LogP contribution in [0, 0.1) is 5.41 Å². The van der Waals surface area contributed by atoms with Gasteiger partial charge in [0.15, 0.2) is 5.69 Å². The van der Waals surface area contributed by atoms with E-state index in [1.54, 1.807) is 12.5 Å². The van der Waals surface area contributed by atoms with Crippen LogP contribution in [0.2, 0.25) is 0 Å². The summed E-state index contributed by atoms with van der Waals surface area (Å²) in [6.07, 6.45) is 7.30. The smallest absolute Gasteiger partial charge is 0.276 e. The lowest BCUT2D eigenvalue weighted by Crippen LogP contribution is -2.36. The van der Waals surface area contributed by atoms with Crippen molar-refractivity contribution in [3.8, 4) is 0 Å². The summed E-state index contributed by atoms with van der Waals surface area (Å²) in [5.41, 5.74) is 1.37. The molecule has 9 heteroatoms. The number of carbonyl (C=O) groups is 1. The van der Waals surface area contributed by atoms with Crippen molar-refractivity contribution in [2.75, 3.05) is 31.1 Å². The number of carbonyl (C=O) groups excluding carboxylic acids is 1. The number of aromatic amines is 2. The highest BCUT2D eigenvalue weighted by atomic mass is 16.2. The quantitative estimate of drug-likeness (QED) is 0.716. The first-order valence-electron chi connectivity index (χ1n) is 8.43. The highest BCUT2D eigenvalue weighted by Gasteiger charge is 2.48. The molecule has 9 nitrogen and oxygen atoms in total. The molecular formula is C16H18N8O. The topological polar surface area (TPSA) is 107 Å². The van der Waals surface area contributed by atoms with E-state index in [0.29, 0.717) is 12.2 Å². The van der Waals surface area contributed by atoms with Crippen molar-refractivity contribution in [2.45, 2.75) is 12.8 Å². The third kappa shape index (κ3) is 2.43. The molecule has 2 fully saturated rings. The SMILES string of the molecule is O=C(c1c[nH]nn1)N1CCN(c2ncnc3[nH]ccc23)CC2(CC2)C1. The molecule has 1 aliphatic carbocycles. The summed E-state index contributed by atoms with van der Waals surface area (Å²) in [6.45, 7) is 3.05. The summed E-state index contributed by atoms with van der Waals surface area (Å²) < 4.78 is 0. The lowest BCUT2D eigenvalue weighted by molar-refractivity contribution is 0.0735. The molecule has 4 heterocycles. The van der Waals surface area contributed by atoms with Gasteiger partial charge in [-0.25, -0.2) is 9.97 Å². The summed E-state index contributed by atoms with van der Waals surface area (Å²) >= 11 is 0. The average Bonchev–Trinajstić information content (AvgIpc) is 3.03. The van der Waals surface area contributed by atoms with Gasteiger partial charge in [-0.3, -0.25) is 9.89 Å². The zero-order valence-electron chi connectivity index (χ0n) is 13.6. The minimum Gasteiger partial charge on any atom is -0.354 e. The van der Waals surface area contributed by atoms with Crippen molar-refractivity contribution in [1.29, 1.82) is 0 Å². The number of aromatic nitrogens is 6. The number of anilines is 1. The Morgan fingerprint density at radius 2 is 2.12 bits per heavy atom. The Bertz CT molecular complexity index is 913. The van der Waals surface area contributed by atoms with E-state index in [2.05, 4.69) is 35.3 Å². The highest BCUT2D eigenvalue weighted by Crippen LogP contribution is 2.48. The Morgan fingerprint density at radius 3 is 2.92 bits per heavy atom. The van der Waals surface area contributed by atoms with Crippen LogP contribution in [0.25, 0.3) is 11.0 Å². The summed E-state index contributed by atoms with van der Waals surface area (Å²) in [5.74, 6) is 0.879. The van der Waals surface area contributed by atoms with E-state index in [4.69, 9.17) is 0 Å². The minimum atomic E-state index is -0.0589. The molecule has 128 valence electrons. The molecule has 3 aromatic rings. The Morgan fingerprint density at radius 1 is 1.20 bits per heavy atom. The zero-order valence-corrected chi connectivity index (χ0v) is 13.6. The lowest BCUT2D eigenvalue weighted by Gasteiger charge is -2.25. The Labute approximate surface area is 143 Å². The van der Waals surface area contributed by atoms with Crippen molar-refractivity contribution in [1.82, 2.24) is 35.3 Å². The van der Waals surface area contributed by atoms with E-state index in [0.717, 1.165) is 49.3 Å². The van der Waals surface area contributed by atoms with Crippen LogP contribution in [-0.4, -0.2) is 67.3 Å². The molecular weight excluding hydrogens is 320 g/mol. The molecule has 0 atom stereocenters. The summed E-state index contributed by atoms with van der Waals surface area (Å²) in [7, 11) is 0. The van der Waals surface area contributed by atoms with Gasteiger partial charge in [0, 0.05) is 37.8 Å². The molecule has 0 unspecified atom stereocenters. The molecule has 0 bridgehead atoms. The zero-order chi connectivity index (χ0) is 16.9. The van der Waals surface area contributed by atoms with Gasteiger partial charge in [-0.15, -0.1) is 5.10 Å². The summed E-state index contributed by atoms with van der Waals surface area (Å²) in [4.78, 5) is 28.8. The number of rotatable bonds is 2. The second-order valence-electron chi connectivity index (χ2n) is 6.94. The molecule has 25 heavy (non-hydrogen) atoms. The van der Waals surface area contributed by atoms with E-state index in [-0.39, 0.29) is 11.3 Å². The molecule has 5 rings (SSSR count). The molecule has 0 radical (unpaired) electrons. The van der Waals surface area contributed by atoms with Crippen LogP contribution in [0.1, 0.15) is 23.3 Å². The van der Waals surface area contributed by atoms with Crippen molar-refractivity contribution < 1.29 is 4.79 Å². The van der Waals surface area contributed by atoms with E-state index in [9.17, 15) is 4.79 Å². The van der Waals surface area contributed by atoms with Gasteiger partial charge in [-0.2, -0.15) is 0 Å². The molecule has 3 aromatic heterocycles. The summed E-state index contributed by atoms with van der Waals surface area (Å²) in [5, 5.41) is 11.2. The first kappa shape index (κ1) is 14.4. The van der Waals surface area contributed by atoms with Crippen LogP contribution in [-0.2, 0) is 0 Å². The molecule has 1 aliphatic heterocycles. The first-order chi connectivity index (χ1) is 12.2. The Kier molecular flexibility index (Phi) is 3.03. The number of H-pyrrole nitrogens is 2. The maximum atomic E-state index is 12.7. The number of fused-ring (bicyclic) bond motifs is 1. The predicted molar refractivity (Wildman–Crippen MR) is 90.1 cm³/mol. The second kappa shape index (κ2) is 5.27. The van der Waals surface area contributed by atoms with E-state index in [1.165, 1.54) is 0 Å². The van der Waals surface area contributed by atoms with Crippen molar-refractivity contribution in [3.63, 3.8) is 0 Å². The second-order valence-corrected chi connectivity index (χ2v) is 6.94. The molecule has 1 saturated heterocycles. The average molecular weight is 338 g/mol. The number of hydrogen-bond acceptors (Lipinski definition) is 6. The minimum absolute atomic E-state index is 0.0589. The van der Waals surface area contributed by atoms with Gasteiger partial charge in [0.05, 0.1) is 11.6 Å². The number of nitrogens with one attached hydrogen (secondary N) is 2. The van der Waals surface area contributed by atoms with Crippen LogP contribution < -0.4 is 4.90 Å². The van der Waals surface area contributed by atoms with Gasteiger partial charge >= 0.3 is 0 Å². The van der Waals surface area contributed by atoms with Crippen LogP contribution in [0.15, 0.2) is 24.8 Å². The van der Waals surface area contributed by atoms with Crippen LogP contribution >= 0.6 is 0 Å². The van der Waals surface area contributed by atoms with Crippen molar-refractivity contribution in [2.24, 2.45) is 5.41 Å². The van der Waals surface area contributed by atoms with Gasteiger partial charge in [0.25, 0.3) is 5.91 Å². The fraction of sp³-hybridized carbons (Fsp3) is 0.438. The third-order valence-corrected chi connectivity index (χ3v) is 5.21. The molecule has 2 N–H and O–H groups in total. The Balaban J connectivity index is 1.45. The monoisotopic (exact) mass is 338 g/mol. The number of nitrogens with zero attached hydrogens (tertiary/aromatic N) is 6. The largest absolute Gasteiger partial charge is 0.354 e. The molecule has 0 aromatic carbocycles. The standard InChI is InChI=1S/C16H18N8O/c25-15(12-7-20-22-21-12)24-6-5-23(8-16(9-24)2-3-16)14-11-1-4-17-13(11)18-10-19-14/h1,4,7,10H,2-3,5-6,8-9H2,(H,17,18,19)(H,20,21,22). The fourth-order valence-corrected chi connectivity index (χ4v) is 3.69. The van der Waals surface area contributed by atoms with Gasteiger partial charge in [0.1, 0.15) is 17.8 Å². The van der Waals surface area contributed by atoms with Crippen LogP contribution in [0.4, 0.5) is 5.82 Å². The maximum Gasteiger partial charge on any atom is 0.276 e. The van der Waals surface area contributed by atoms with Gasteiger partial charge < -0.3 is 14.8 Å². The van der Waals surface area contributed by atoms with Gasteiger partial charge in [0.2, 0.25) is 0 Å². The molecule has 1 spiro atoms. The van der Waals surface area contributed by atoms with Crippen molar-refractivity contribution in [3.05, 3.63) is 30.5 Å². The van der Waals surface area contributed by atoms with Crippen LogP contribution in [0.3, 0.4) is 0 Å². The van der Waals surface area contributed by atoms with Gasteiger partial charge in [-0.05, 0) is 18.9 Å². The van der Waals surface area contributed by atoms with E-state index >= 15 is 0 Å². The number of hydrogen-bond donors (Lipinski definition) is 2. The van der Waals surface area contributed by atoms with E-state index < -0.39 is 0 Å². The maximum absolute atomic E-state index is 12.7. The van der Waals surface area contributed by atoms with Gasteiger partial charge in [-0.1, -0.05) is 5.21 Å².